The number of likely N-dealkylation sites (tertiary alicyclic amines) is 1. The Balaban J connectivity index is 1.48. The largest absolute Gasteiger partial charge is 0.474 e. The van der Waals surface area contributed by atoms with Gasteiger partial charge in [-0.05, 0) is 56.0 Å². The number of halogens is 1. The van der Waals surface area contributed by atoms with Gasteiger partial charge < -0.3 is 19.6 Å². The topological polar surface area (TPSA) is 105 Å². The zero-order chi connectivity index (χ0) is 27.4. The van der Waals surface area contributed by atoms with Crippen molar-refractivity contribution in [3.05, 3.63) is 62.9 Å². The summed E-state index contributed by atoms with van der Waals surface area (Å²) in [6.07, 6.45) is 3.27. The number of anilines is 1. The zero-order valence-corrected chi connectivity index (χ0v) is 23.0. The summed E-state index contributed by atoms with van der Waals surface area (Å²) < 4.78 is 9.53. The molecule has 1 saturated heterocycles. The molecule has 1 unspecified atom stereocenters. The molecule has 2 aliphatic heterocycles. The van der Waals surface area contributed by atoms with Gasteiger partial charge in [0.25, 0.3) is 5.56 Å². The second-order valence-corrected chi connectivity index (χ2v) is 10.8. The van der Waals surface area contributed by atoms with E-state index < -0.39 is 6.61 Å². The Hall–Kier alpha value is -3.63. The van der Waals surface area contributed by atoms with Crippen LogP contribution in [0.1, 0.15) is 48.5 Å². The predicted octanol–water partition coefficient (Wildman–Crippen LogP) is 3.20. The first-order chi connectivity index (χ1) is 18.8. The second kappa shape index (κ2) is 9.84. The fraction of sp³-hybridized carbons (Fsp3) is 0.429. The van der Waals surface area contributed by atoms with Gasteiger partial charge in [0.15, 0.2) is 0 Å². The van der Waals surface area contributed by atoms with E-state index in [0.717, 1.165) is 46.5 Å². The van der Waals surface area contributed by atoms with E-state index in [-0.39, 0.29) is 23.4 Å². The summed E-state index contributed by atoms with van der Waals surface area (Å²) in [5.74, 6) is 0.362. The fourth-order valence-corrected chi connectivity index (χ4v) is 6.28. The Kier molecular flexibility index (Phi) is 6.47. The monoisotopic (exact) mass is 550 g/mol. The van der Waals surface area contributed by atoms with Crippen LogP contribution in [0.15, 0.2) is 35.4 Å². The third-order valence-electron chi connectivity index (χ3n) is 8.12. The van der Waals surface area contributed by atoms with Gasteiger partial charge in [0.05, 0.1) is 29.2 Å². The van der Waals surface area contributed by atoms with Crippen molar-refractivity contribution >= 4 is 39.7 Å². The average Bonchev–Trinajstić information content (AvgIpc) is 3.39. The normalized spacial score (nSPS) is 16.9. The van der Waals surface area contributed by atoms with Gasteiger partial charge in [-0.25, -0.2) is 4.98 Å². The highest BCUT2D eigenvalue weighted by atomic mass is 35.5. The van der Waals surface area contributed by atoms with Gasteiger partial charge in [-0.1, -0.05) is 17.7 Å². The van der Waals surface area contributed by atoms with Crippen LogP contribution in [-0.4, -0.2) is 67.7 Å². The molecule has 39 heavy (non-hydrogen) atoms. The number of nitrogens with zero attached hydrogens (tertiary/aromatic N) is 6. The highest BCUT2D eigenvalue weighted by Gasteiger charge is 2.30. The number of aryl methyl sites for hydroxylation is 2. The van der Waals surface area contributed by atoms with Crippen molar-refractivity contribution in [2.24, 2.45) is 7.05 Å². The van der Waals surface area contributed by atoms with Gasteiger partial charge in [0.1, 0.15) is 36.0 Å². The Morgan fingerprint density at radius 1 is 1.23 bits per heavy atom. The molecule has 10 nitrogen and oxygen atoms in total. The molecule has 2 aliphatic rings. The molecule has 0 bridgehead atoms. The molecule has 6 rings (SSSR count). The molecule has 0 saturated carbocycles. The van der Waals surface area contributed by atoms with Crippen LogP contribution in [0, 0.1) is 6.92 Å². The Morgan fingerprint density at radius 2 is 2.00 bits per heavy atom. The van der Waals surface area contributed by atoms with Crippen molar-refractivity contribution in [3.8, 4) is 5.88 Å². The molecule has 0 spiro atoms. The standard InChI is InChI=1S/C28H31ClN6O4/c1-16-12-19(17(2)34-10-11-39-26-21(34)4-5-22(29)31-26)25-20(13-16)28(38)32(3)27-24(30-15-35(25)27)18-6-8-33(9-7-18)23(37)14-36/h4-5,12-13,15,17-18,36H,6-11,14H2,1-3H3. The molecule has 1 fully saturated rings. The summed E-state index contributed by atoms with van der Waals surface area (Å²) in [5, 5.41) is 10.3. The van der Waals surface area contributed by atoms with Crippen molar-refractivity contribution < 1.29 is 14.6 Å². The number of amides is 1. The maximum atomic E-state index is 13.8. The third-order valence-corrected chi connectivity index (χ3v) is 8.33. The molecule has 11 heteroatoms. The molecule has 1 N–H and O–H groups in total. The first-order valence-electron chi connectivity index (χ1n) is 13.2. The SMILES string of the molecule is Cc1cc(C(C)N2CCOc3nc(Cl)ccc32)c2c(c1)c(=O)n(C)c1c(C3CCN(C(=O)CO)CC3)ncn21. The van der Waals surface area contributed by atoms with Crippen molar-refractivity contribution in [1.29, 1.82) is 0 Å². The number of hydrogen-bond acceptors (Lipinski definition) is 7. The van der Waals surface area contributed by atoms with E-state index in [1.165, 1.54) is 0 Å². The number of aromatic nitrogens is 4. The van der Waals surface area contributed by atoms with E-state index in [4.69, 9.17) is 21.3 Å². The average molecular weight is 551 g/mol. The minimum absolute atomic E-state index is 0.0693. The molecule has 1 aromatic carbocycles. The lowest BCUT2D eigenvalue weighted by Crippen LogP contribution is -2.39. The number of aliphatic hydroxyl groups excluding tert-OH is 1. The van der Waals surface area contributed by atoms with Crippen LogP contribution in [0.5, 0.6) is 5.88 Å². The number of hydrogen-bond donors (Lipinski definition) is 1. The Morgan fingerprint density at radius 3 is 2.74 bits per heavy atom. The number of pyridine rings is 1. The van der Waals surface area contributed by atoms with E-state index in [1.807, 2.05) is 29.8 Å². The highest BCUT2D eigenvalue weighted by molar-refractivity contribution is 6.29. The molecule has 3 aromatic heterocycles. The van der Waals surface area contributed by atoms with Crippen LogP contribution >= 0.6 is 11.6 Å². The molecule has 1 atom stereocenters. The van der Waals surface area contributed by atoms with Gasteiger partial charge in [0, 0.05) is 26.1 Å². The number of ether oxygens (including phenoxy) is 1. The summed E-state index contributed by atoms with van der Waals surface area (Å²) in [6.45, 7) is 5.93. The van der Waals surface area contributed by atoms with Crippen molar-refractivity contribution in [2.75, 3.05) is 37.7 Å². The highest BCUT2D eigenvalue weighted by Crippen LogP contribution is 2.39. The molecule has 1 amide bonds. The van der Waals surface area contributed by atoms with Crippen LogP contribution in [0.25, 0.3) is 16.6 Å². The third kappa shape index (κ3) is 4.22. The van der Waals surface area contributed by atoms with E-state index in [1.54, 1.807) is 22.6 Å². The van der Waals surface area contributed by atoms with Crippen LogP contribution < -0.4 is 15.2 Å². The van der Waals surface area contributed by atoms with Gasteiger partial charge in [-0.3, -0.25) is 18.6 Å². The first-order valence-corrected chi connectivity index (χ1v) is 13.6. The molecular weight excluding hydrogens is 520 g/mol. The summed E-state index contributed by atoms with van der Waals surface area (Å²) >= 11 is 6.13. The Bertz CT molecular complexity index is 1660. The van der Waals surface area contributed by atoms with Crippen molar-refractivity contribution in [3.63, 3.8) is 0 Å². The minimum Gasteiger partial charge on any atom is -0.474 e. The maximum Gasteiger partial charge on any atom is 0.261 e. The number of imidazole rings is 1. The van der Waals surface area contributed by atoms with Gasteiger partial charge in [0.2, 0.25) is 11.8 Å². The van der Waals surface area contributed by atoms with E-state index in [9.17, 15) is 14.7 Å². The molecule has 0 radical (unpaired) electrons. The van der Waals surface area contributed by atoms with Gasteiger partial charge >= 0.3 is 0 Å². The number of aliphatic hydroxyl groups is 1. The molecule has 4 aromatic rings. The zero-order valence-electron chi connectivity index (χ0n) is 22.2. The lowest BCUT2D eigenvalue weighted by atomic mass is 9.93. The number of carbonyl (C=O) groups is 1. The molecule has 5 heterocycles. The fourth-order valence-electron chi connectivity index (χ4n) is 6.14. The number of fused-ring (bicyclic) bond motifs is 4. The summed E-state index contributed by atoms with van der Waals surface area (Å²) in [6, 6.07) is 7.69. The number of carbonyl (C=O) groups excluding carboxylic acids is 1. The lowest BCUT2D eigenvalue weighted by Gasteiger charge is -2.36. The quantitative estimate of drug-likeness (QED) is 0.389. The van der Waals surface area contributed by atoms with Crippen LogP contribution in [0.3, 0.4) is 0 Å². The van der Waals surface area contributed by atoms with Crippen LogP contribution in [0.4, 0.5) is 5.69 Å². The van der Waals surface area contributed by atoms with E-state index in [2.05, 4.69) is 22.9 Å². The van der Waals surface area contributed by atoms with Crippen LogP contribution in [0.2, 0.25) is 5.15 Å². The van der Waals surface area contributed by atoms with Gasteiger partial charge in [-0.15, -0.1) is 0 Å². The first kappa shape index (κ1) is 25.6. The molecule has 0 aliphatic carbocycles. The molecule has 204 valence electrons. The summed E-state index contributed by atoms with van der Waals surface area (Å²) in [4.78, 5) is 38.9. The predicted molar refractivity (Wildman–Crippen MR) is 149 cm³/mol. The number of rotatable bonds is 4. The van der Waals surface area contributed by atoms with Gasteiger partial charge in [-0.2, -0.15) is 4.98 Å². The van der Waals surface area contributed by atoms with Crippen molar-refractivity contribution in [2.45, 2.75) is 38.6 Å². The summed E-state index contributed by atoms with van der Waals surface area (Å²) in [7, 11) is 1.80. The number of benzene rings is 1. The second-order valence-electron chi connectivity index (χ2n) is 10.4. The lowest BCUT2D eigenvalue weighted by molar-refractivity contribution is -0.135. The summed E-state index contributed by atoms with van der Waals surface area (Å²) in [5.41, 5.74) is 5.29. The van der Waals surface area contributed by atoms with E-state index in [0.29, 0.717) is 42.7 Å². The molecular formula is C28H31ClN6O4. The maximum absolute atomic E-state index is 13.8. The minimum atomic E-state index is -0.477. The van der Waals surface area contributed by atoms with Crippen molar-refractivity contribution in [1.82, 2.24) is 23.8 Å². The number of piperidine rings is 1. The smallest absolute Gasteiger partial charge is 0.261 e. The van der Waals surface area contributed by atoms with E-state index >= 15 is 0 Å². The Labute approximate surface area is 230 Å². The van der Waals surface area contributed by atoms with Crippen LogP contribution in [-0.2, 0) is 11.8 Å².